The van der Waals surface area contributed by atoms with Gasteiger partial charge in [0.25, 0.3) is 0 Å². The van der Waals surface area contributed by atoms with Crippen molar-refractivity contribution in [3.63, 3.8) is 0 Å². The number of rotatable bonds is 4. The van der Waals surface area contributed by atoms with E-state index in [1.54, 1.807) is 7.11 Å². The number of methoxy groups -OCH3 is 1. The number of nitrogens with one attached hydrogen (secondary N) is 1. The Morgan fingerprint density at radius 1 is 1.40 bits per heavy atom. The van der Waals surface area contributed by atoms with Crippen LogP contribution in [0, 0.1) is 6.92 Å². The maximum atomic E-state index is 5.13. The van der Waals surface area contributed by atoms with E-state index in [0.717, 1.165) is 43.3 Å². The highest BCUT2D eigenvalue weighted by Gasteiger charge is 2.20. The van der Waals surface area contributed by atoms with Gasteiger partial charge in [0.05, 0.1) is 19.3 Å². The minimum atomic E-state index is 0.414. The van der Waals surface area contributed by atoms with E-state index in [2.05, 4.69) is 20.4 Å². The third-order valence-electron chi connectivity index (χ3n) is 3.53. The number of aryl methyl sites for hydroxylation is 2. The van der Waals surface area contributed by atoms with E-state index in [9.17, 15) is 0 Å². The molecule has 1 unspecified atom stereocenters. The van der Waals surface area contributed by atoms with Gasteiger partial charge in [0, 0.05) is 25.1 Å². The Morgan fingerprint density at radius 2 is 2.30 bits per heavy atom. The Kier molecular flexibility index (Phi) is 3.64. The molecule has 0 aliphatic carbocycles. The smallest absolute Gasteiger partial charge is 0.213 e. The number of nitrogens with zero attached hydrogens (tertiary/aromatic N) is 4. The number of pyridine rings is 1. The molecule has 3 rings (SSSR count). The van der Waals surface area contributed by atoms with Crippen molar-refractivity contribution in [3.8, 4) is 5.88 Å². The second-order valence-corrected chi connectivity index (χ2v) is 5.05. The lowest BCUT2D eigenvalue weighted by Gasteiger charge is -2.23. The van der Waals surface area contributed by atoms with Crippen LogP contribution in [0.3, 0.4) is 0 Å². The van der Waals surface area contributed by atoms with Gasteiger partial charge < -0.3 is 10.1 Å². The highest BCUT2D eigenvalue weighted by molar-refractivity contribution is 5.15. The van der Waals surface area contributed by atoms with Crippen LogP contribution in [0.15, 0.2) is 18.2 Å². The summed E-state index contributed by atoms with van der Waals surface area (Å²) in [7, 11) is 1.63. The topological polar surface area (TPSA) is 64.9 Å². The van der Waals surface area contributed by atoms with Crippen molar-refractivity contribution >= 4 is 0 Å². The van der Waals surface area contributed by atoms with Crippen LogP contribution in [0.25, 0.3) is 0 Å². The Morgan fingerprint density at radius 3 is 3.15 bits per heavy atom. The van der Waals surface area contributed by atoms with Gasteiger partial charge in [0.15, 0.2) is 0 Å². The highest BCUT2D eigenvalue weighted by atomic mass is 16.5. The lowest BCUT2D eigenvalue weighted by molar-refractivity contribution is 0.354. The van der Waals surface area contributed by atoms with Crippen molar-refractivity contribution in [3.05, 3.63) is 35.5 Å². The van der Waals surface area contributed by atoms with Crippen LogP contribution in [0.5, 0.6) is 5.88 Å². The Balaban J connectivity index is 1.59. The van der Waals surface area contributed by atoms with Crippen LogP contribution in [0.4, 0.5) is 0 Å². The third-order valence-corrected chi connectivity index (χ3v) is 3.53. The maximum Gasteiger partial charge on any atom is 0.213 e. The van der Waals surface area contributed by atoms with Gasteiger partial charge >= 0.3 is 0 Å². The van der Waals surface area contributed by atoms with Crippen molar-refractivity contribution in [1.82, 2.24) is 25.1 Å². The number of fused-ring (bicyclic) bond motifs is 1. The number of aromatic nitrogens is 4. The first-order valence-corrected chi connectivity index (χ1v) is 6.88. The first kappa shape index (κ1) is 13.1. The van der Waals surface area contributed by atoms with E-state index in [0.29, 0.717) is 11.9 Å². The van der Waals surface area contributed by atoms with E-state index < -0.39 is 0 Å². The third kappa shape index (κ3) is 2.80. The second-order valence-electron chi connectivity index (χ2n) is 5.05. The SMILES string of the molecule is COc1cccc(CNC2CCc3nc(C)nn3C2)n1. The quantitative estimate of drug-likeness (QED) is 0.903. The second kappa shape index (κ2) is 5.58. The first-order chi connectivity index (χ1) is 9.74. The number of hydrogen-bond acceptors (Lipinski definition) is 5. The molecule has 0 spiro atoms. The van der Waals surface area contributed by atoms with Crippen molar-refractivity contribution in [2.75, 3.05) is 7.11 Å². The molecule has 0 saturated heterocycles. The summed E-state index contributed by atoms with van der Waals surface area (Å²) in [6.07, 6.45) is 2.06. The number of ether oxygens (including phenoxy) is 1. The van der Waals surface area contributed by atoms with Crippen molar-refractivity contribution in [2.24, 2.45) is 0 Å². The fourth-order valence-electron chi connectivity index (χ4n) is 2.52. The fraction of sp³-hybridized carbons (Fsp3) is 0.500. The van der Waals surface area contributed by atoms with Crippen LogP contribution in [0.2, 0.25) is 0 Å². The summed E-state index contributed by atoms with van der Waals surface area (Å²) < 4.78 is 7.14. The van der Waals surface area contributed by atoms with Crippen LogP contribution in [0.1, 0.15) is 23.8 Å². The number of hydrogen-bond donors (Lipinski definition) is 1. The fourth-order valence-corrected chi connectivity index (χ4v) is 2.52. The first-order valence-electron chi connectivity index (χ1n) is 6.88. The zero-order chi connectivity index (χ0) is 13.9. The summed E-state index contributed by atoms with van der Waals surface area (Å²) in [5.41, 5.74) is 0.991. The van der Waals surface area contributed by atoms with E-state index in [1.807, 2.05) is 29.8 Å². The molecule has 2 aromatic rings. The summed E-state index contributed by atoms with van der Waals surface area (Å²) >= 11 is 0. The molecule has 1 atom stereocenters. The molecule has 0 amide bonds. The lowest BCUT2D eigenvalue weighted by atomic mass is 10.1. The Hall–Kier alpha value is -1.95. The van der Waals surface area contributed by atoms with Crippen molar-refractivity contribution < 1.29 is 4.74 Å². The van der Waals surface area contributed by atoms with E-state index in [1.165, 1.54) is 0 Å². The molecule has 0 aromatic carbocycles. The van der Waals surface area contributed by atoms with Gasteiger partial charge in [-0.2, -0.15) is 5.10 Å². The Labute approximate surface area is 118 Å². The van der Waals surface area contributed by atoms with Crippen LogP contribution in [-0.2, 0) is 19.5 Å². The molecule has 106 valence electrons. The summed E-state index contributed by atoms with van der Waals surface area (Å²) in [5, 5.41) is 7.95. The van der Waals surface area contributed by atoms with Gasteiger partial charge in [0.2, 0.25) is 5.88 Å². The van der Waals surface area contributed by atoms with Gasteiger partial charge in [-0.15, -0.1) is 0 Å². The van der Waals surface area contributed by atoms with Gasteiger partial charge in [0.1, 0.15) is 11.6 Å². The summed E-state index contributed by atoms with van der Waals surface area (Å²) in [5.74, 6) is 2.61. The average molecular weight is 273 g/mol. The monoisotopic (exact) mass is 273 g/mol. The molecule has 1 aliphatic heterocycles. The molecule has 20 heavy (non-hydrogen) atoms. The van der Waals surface area contributed by atoms with E-state index >= 15 is 0 Å². The van der Waals surface area contributed by atoms with Gasteiger partial charge in [-0.25, -0.2) is 14.6 Å². The molecule has 3 heterocycles. The molecule has 6 nitrogen and oxygen atoms in total. The molecule has 0 radical (unpaired) electrons. The maximum absolute atomic E-state index is 5.13. The predicted molar refractivity (Wildman–Crippen MR) is 74.5 cm³/mol. The molecule has 0 bridgehead atoms. The molecular formula is C14H19N5O. The van der Waals surface area contributed by atoms with Crippen molar-refractivity contribution in [1.29, 1.82) is 0 Å². The molecule has 0 fully saturated rings. The predicted octanol–water partition coefficient (Wildman–Crippen LogP) is 1.09. The zero-order valence-corrected chi connectivity index (χ0v) is 11.8. The Bertz CT molecular complexity index is 595. The van der Waals surface area contributed by atoms with Crippen LogP contribution < -0.4 is 10.1 Å². The van der Waals surface area contributed by atoms with Gasteiger partial charge in [-0.05, 0) is 19.4 Å². The van der Waals surface area contributed by atoms with Crippen LogP contribution >= 0.6 is 0 Å². The van der Waals surface area contributed by atoms with Crippen LogP contribution in [-0.4, -0.2) is 32.9 Å². The van der Waals surface area contributed by atoms with Crippen molar-refractivity contribution in [2.45, 2.75) is 38.9 Å². The summed E-state index contributed by atoms with van der Waals surface area (Å²) in [4.78, 5) is 8.83. The molecular weight excluding hydrogens is 254 g/mol. The summed E-state index contributed by atoms with van der Waals surface area (Å²) in [6, 6.07) is 6.23. The molecule has 1 N–H and O–H groups in total. The lowest BCUT2D eigenvalue weighted by Crippen LogP contribution is -2.37. The van der Waals surface area contributed by atoms with Gasteiger partial charge in [-0.1, -0.05) is 6.07 Å². The molecule has 1 aliphatic rings. The molecule has 2 aromatic heterocycles. The van der Waals surface area contributed by atoms with E-state index in [4.69, 9.17) is 4.74 Å². The van der Waals surface area contributed by atoms with E-state index in [-0.39, 0.29) is 0 Å². The minimum absolute atomic E-state index is 0.414. The highest BCUT2D eigenvalue weighted by Crippen LogP contribution is 2.13. The summed E-state index contributed by atoms with van der Waals surface area (Å²) in [6.45, 7) is 3.55. The largest absolute Gasteiger partial charge is 0.481 e. The zero-order valence-electron chi connectivity index (χ0n) is 11.8. The van der Waals surface area contributed by atoms with Gasteiger partial charge in [-0.3, -0.25) is 0 Å². The standard InChI is InChI=1S/C14H19N5O/c1-10-16-13-7-6-12(9-19(13)18-10)15-8-11-4-3-5-14(17-11)20-2/h3-5,12,15H,6-9H2,1-2H3. The average Bonchev–Trinajstić information content (AvgIpc) is 2.84. The normalized spacial score (nSPS) is 17.8. The molecule has 6 heteroatoms. The molecule has 0 saturated carbocycles. The minimum Gasteiger partial charge on any atom is -0.481 e.